The van der Waals surface area contributed by atoms with E-state index >= 15 is 0 Å². The van der Waals surface area contributed by atoms with E-state index in [1.54, 1.807) is 49.4 Å². The molecule has 8 heteroatoms. The SMILES string of the molecule is CC(Oc1ccccc1Br)C(=O)Nc1ccc(-c2nnc(-c3ccco3)o2)cc1. The van der Waals surface area contributed by atoms with Crippen molar-refractivity contribution in [3.05, 3.63) is 71.4 Å². The summed E-state index contributed by atoms with van der Waals surface area (Å²) in [7, 11) is 0. The Hall–Kier alpha value is -3.39. The first-order chi connectivity index (χ1) is 14.1. The van der Waals surface area contributed by atoms with Crippen LogP contribution in [0, 0.1) is 0 Å². The summed E-state index contributed by atoms with van der Waals surface area (Å²) in [5.74, 6) is 1.52. The molecule has 7 nitrogen and oxygen atoms in total. The minimum atomic E-state index is -0.667. The lowest BCUT2D eigenvalue weighted by molar-refractivity contribution is -0.122. The lowest BCUT2D eigenvalue weighted by Gasteiger charge is -2.15. The van der Waals surface area contributed by atoms with Gasteiger partial charge in [0.1, 0.15) is 5.75 Å². The number of nitrogens with one attached hydrogen (secondary N) is 1. The Balaban J connectivity index is 1.40. The highest BCUT2D eigenvalue weighted by Gasteiger charge is 2.17. The van der Waals surface area contributed by atoms with E-state index in [0.29, 0.717) is 29.0 Å². The molecule has 29 heavy (non-hydrogen) atoms. The molecule has 1 amide bonds. The summed E-state index contributed by atoms with van der Waals surface area (Å²) in [6.45, 7) is 1.69. The molecule has 0 aliphatic rings. The van der Waals surface area contributed by atoms with Crippen LogP contribution in [0.25, 0.3) is 23.1 Å². The number of rotatable bonds is 6. The molecule has 4 aromatic rings. The quantitative estimate of drug-likeness (QED) is 0.433. The summed E-state index contributed by atoms with van der Waals surface area (Å²) in [6.07, 6.45) is 0.873. The predicted octanol–water partition coefficient (Wildman–Crippen LogP) is 5.17. The molecule has 146 valence electrons. The Morgan fingerprint density at radius 3 is 2.52 bits per heavy atom. The Kier molecular flexibility index (Phi) is 5.44. The van der Waals surface area contributed by atoms with Gasteiger partial charge in [0.15, 0.2) is 11.9 Å². The average molecular weight is 454 g/mol. The number of anilines is 1. The third kappa shape index (κ3) is 4.38. The molecule has 4 rings (SSSR count). The smallest absolute Gasteiger partial charge is 0.283 e. The van der Waals surface area contributed by atoms with E-state index in [9.17, 15) is 4.79 Å². The van der Waals surface area contributed by atoms with Gasteiger partial charge in [0.05, 0.1) is 10.7 Å². The largest absolute Gasteiger partial charge is 0.480 e. The topological polar surface area (TPSA) is 90.4 Å². The molecule has 0 saturated heterocycles. The van der Waals surface area contributed by atoms with E-state index in [4.69, 9.17) is 13.6 Å². The number of amides is 1. The monoisotopic (exact) mass is 453 g/mol. The predicted molar refractivity (Wildman–Crippen MR) is 110 cm³/mol. The normalized spacial score (nSPS) is 11.8. The first kappa shape index (κ1) is 18.9. The Labute approximate surface area is 174 Å². The van der Waals surface area contributed by atoms with E-state index in [-0.39, 0.29) is 5.91 Å². The number of carbonyl (C=O) groups excluding carboxylic acids is 1. The van der Waals surface area contributed by atoms with Crippen LogP contribution in [0.4, 0.5) is 5.69 Å². The molecule has 0 aliphatic carbocycles. The maximum absolute atomic E-state index is 12.4. The van der Waals surface area contributed by atoms with E-state index < -0.39 is 6.10 Å². The molecule has 0 aliphatic heterocycles. The number of benzene rings is 2. The highest BCUT2D eigenvalue weighted by molar-refractivity contribution is 9.10. The second-order valence-corrected chi connectivity index (χ2v) is 7.00. The zero-order valence-electron chi connectivity index (χ0n) is 15.3. The molecule has 1 unspecified atom stereocenters. The van der Waals surface area contributed by atoms with Crippen molar-refractivity contribution >= 4 is 27.5 Å². The number of para-hydroxylation sites is 1. The van der Waals surface area contributed by atoms with Gasteiger partial charge in [0, 0.05) is 11.3 Å². The number of hydrogen-bond donors (Lipinski definition) is 1. The lowest BCUT2D eigenvalue weighted by Crippen LogP contribution is -2.30. The number of nitrogens with zero attached hydrogens (tertiary/aromatic N) is 2. The van der Waals surface area contributed by atoms with Gasteiger partial charge in [-0.15, -0.1) is 10.2 Å². The standard InChI is InChI=1S/C21H16BrN3O4/c1-13(28-17-6-3-2-5-16(17)22)19(26)23-15-10-8-14(9-11-15)20-24-25-21(29-20)18-7-4-12-27-18/h2-13H,1H3,(H,23,26). The minimum absolute atomic E-state index is 0.258. The molecule has 0 spiro atoms. The van der Waals surface area contributed by atoms with E-state index in [1.165, 1.54) is 6.26 Å². The molecule has 0 saturated carbocycles. The fourth-order valence-corrected chi connectivity index (χ4v) is 2.94. The van der Waals surface area contributed by atoms with Gasteiger partial charge in [-0.3, -0.25) is 4.79 Å². The summed E-state index contributed by atoms with van der Waals surface area (Å²) in [4.78, 5) is 12.4. The molecule has 1 atom stereocenters. The zero-order valence-corrected chi connectivity index (χ0v) is 16.9. The maximum Gasteiger partial charge on any atom is 0.283 e. The number of carbonyl (C=O) groups is 1. The van der Waals surface area contributed by atoms with Crippen LogP contribution in [-0.2, 0) is 4.79 Å². The van der Waals surface area contributed by atoms with E-state index in [0.717, 1.165) is 10.0 Å². The van der Waals surface area contributed by atoms with E-state index in [2.05, 4.69) is 31.4 Å². The van der Waals surface area contributed by atoms with Gasteiger partial charge in [-0.05, 0) is 71.4 Å². The molecule has 1 N–H and O–H groups in total. The van der Waals surface area contributed by atoms with Crippen molar-refractivity contribution in [3.8, 4) is 28.9 Å². The second kappa shape index (κ2) is 8.32. The van der Waals surface area contributed by atoms with Crippen LogP contribution in [0.2, 0.25) is 0 Å². The lowest BCUT2D eigenvalue weighted by atomic mass is 10.2. The molecule has 2 aromatic carbocycles. The molecule has 0 radical (unpaired) electrons. The van der Waals surface area contributed by atoms with Gasteiger partial charge >= 0.3 is 0 Å². The highest BCUT2D eigenvalue weighted by Crippen LogP contribution is 2.26. The first-order valence-corrected chi connectivity index (χ1v) is 9.59. The minimum Gasteiger partial charge on any atom is -0.480 e. The van der Waals surface area contributed by atoms with Gasteiger partial charge in [-0.25, -0.2) is 0 Å². The zero-order chi connectivity index (χ0) is 20.2. The Bertz CT molecular complexity index is 1110. The van der Waals surface area contributed by atoms with Gasteiger partial charge in [0.2, 0.25) is 5.89 Å². The van der Waals surface area contributed by atoms with Crippen LogP contribution in [0.3, 0.4) is 0 Å². The summed E-state index contributed by atoms with van der Waals surface area (Å²) in [6, 6.07) is 18.0. The number of hydrogen-bond acceptors (Lipinski definition) is 6. The fourth-order valence-electron chi connectivity index (χ4n) is 2.56. The number of aromatic nitrogens is 2. The fraction of sp³-hybridized carbons (Fsp3) is 0.0952. The Morgan fingerprint density at radius 1 is 1.03 bits per heavy atom. The third-order valence-corrected chi connectivity index (χ3v) is 4.72. The molecule has 2 heterocycles. The molecule has 0 bridgehead atoms. The van der Waals surface area contributed by atoms with Gasteiger partial charge in [-0.2, -0.15) is 0 Å². The second-order valence-electron chi connectivity index (χ2n) is 6.15. The van der Waals surface area contributed by atoms with Crippen LogP contribution in [0.15, 0.2) is 80.2 Å². The van der Waals surface area contributed by atoms with Crippen LogP contribution >= 0.6 is 15.9 Å². The summed E-state index contributed by atoms with van der Waals surface area (Å²) < 4.78 is 17.4. The number of furan rings is 1. The molecular weight excluding hydrogens is 438 g/mol. The van der Waals surface area contributed by atoms with E-state index in [1.807, 2.05) is 18.2 Å². The first-order valence-electron chi connectivity index (χ1n) is 8.80. The van der Waals surface area contributed by atoms with Gasteiger partial charge in [-0.1, -0.05) is 12.1 Å². The number of ether oxygens (including phenoxy) is 1. The molecule has 2 aromatic heterocycles. The molecule has 0 fully saturated rings. The third-order valence-electron chi connectivity index (χ3n) is 4.07. The van der Waals surface area contributed by atoms with Crippen molar-refractivity contribution in [1.29, 1.82) is 0 Å². The van der Waals surface area contributed by atoms with Gasteiger partial charge < -0.3 is 18.9 Å². The van der Waals surface area contributed by atoms with Crippen molar-refractivity contribution in [2.45, 2.75) is 13.0 Å². The van der Waals surface area contributed by atoms with Crippen molar-refractivity contribution in [2.75, 3.05) is 5.32 Å². The summed E-state index contributed by atoms with van der Waals surface area (Å²) in [5, 5.41) is 10.8. The van der Waals surface area contributed by atoms with Gasteiger partial charge in [0.25, 0.3) is 11.8 Å². The molecular formula is C21H16BrN3O4. The number of halogens is 1. The van der Waals surface area contributed by atoms with Crippen LogP contribution in [0.1, 0.15) is 6.92 Å². The van der Waals surface area contributed by atoms with Crippen LogP contribution in [0.5, 0.6) is 5.75 Å². The van der Waals surface area contributed by atoms with Crippen molar-refractivity contribution in [2.24, 2.45) is 0 Å². The van der Waals surface area contributed by atoms with Crippen molar-refractivity contribution in [3.63, 3.8) is 0 Å². The Morgan fingerprint density at radius 2 is 1.79 bits per heavy atom. The average Bonchev–Trinajstić information content (AvgIpc) is 3.42. The summed E-state index contributed by atoms with van der Waals surface area (Å²) >= 11 is 3.40. The van der Waals surface area contributed by atoms with Crippen LogP contribution < -0.4 is 10.1 Å². The van der Waals surface area contributed by atoms with Crippen LogP contribution in [-0.4, -0.2) is 22.2 Å². The van der Waals surface area contributed by atoms with Crippen molar-refractivity contribution in [1.82, 2.24) is 10.2 Å². The summed E-state index contributed by atoms with van der Waals surface area (Å²) in [5.41, 5.74) is 1.36. The highest BCUT2D eigenvalue weighted by atomic mass is 79.9. The maximum atomic E-state index is 12.4. The van der Waals surface area contributed by atoms with Crippen molar-refractivity contribution < 1.29 is 18.4 Å².